The van der Waals surface area contributed by atoms with Gasteiger partial charge < -0.3 is 10.6 Å². The van der Waals surface area contributed by atoms with Gasteiger partial charge in [-0.3, -0.25) is 4.79 Å². The third-order valence-corrected chi connectivity index (χ3v) is 4.40. The number of nitrogens with zero attached hydrogens (tertiary/aromatic N) is 1. The first-order chi connectivity index (χ1) is 12.6. The fourth-order valence-electron chi connectivity index (χ4n) is 2.90. The van der Waals surface area contributed by atoms with Crippen LogP contribution in [0.3, 0.4) is 0 Å². The fraction of sp³-hybridized carbons (Fsp3) is 0.182. The number of rotatable bonds is 5. The van der Waals surface area contributed by atoms with Crippen molar-refractivity contribution in [3.63, 3.8) is 0 Å². The van der Waals surface area contributed by atoms with E-state index in [1.165, 1.54) is 11.1 Å². The summed E-state index contributed by atoms with van der Waals surface area (Å²) in [5.41, 5.74) is 5.82. The first-order valence-electron chi connectivity index (χ1n) is 8.77. The van der Waals surface area contributed by atoms with Crippen LogP contribution in [0.2, 0.25) is 0 Å². The minimum Gasteiger partial charge on any atom is -0.340 e. The van der Waals surface area contributed by atoms with Gasteiger partial charge in [-0.25, -0.2) is 4.98 Å². The summed E-state index contributed by atoms with van der Waals surface area (Å²) in [7, 11) is 0. The molecule has 0 aliphatic carbocycles. The molecule has 0 bridgehead atoms. The molecule has 132 valence electrons. The Morgan fingerprint density at radius 1 is 0.962 bits per heavy atom. The Balaban J connectivity index is 1.73. The van der Waals surface area contributed by atoms with E-state index in [1.54, 1.807) is 6.20 Å². The van der Waals surface area contributed by atoms with Crippen molar-refractivity contribution < 1.29 is 4.79 Å². The van der Waals surface area contributed by atoms with E-state index in [2.05, 4.69) is 47.7 Å². The zero-order valence-corrected chi connectivity index (χ0v) is 15.3. The molecule has 4 nitrogen and oxygen atoms in total. The Morgan fingerprint density at radius 3 is 2.42 bits per heavy atom. The largest absolute Gasteiger partial charge is 0.340 e. The maximum absolute atomic E-state index is 12.4. The van der Waals surface area contributed by atoms with E-state index in [-0.39, 0.29) is 5.91 Å². The lowest BCUT2D eigenvalue weighted by molar-refractivity contribution is 0.102. The van der Waals surface area contributed by atoms with E-state index in [0.717, 1.165) is 23.5 Å². The summed E-state index contributed by atoms with van der Waals surface area (Å²) >= 11 is 0. The molecule has 1 aromatic heterocycles. The summed E-state index contributed by atoms with van der Waals surface area (Å²) in [6, 6.07) is 17.5. The molecule has 3 rings (SSSR count). The van der Waals surface area contributed by atoms with Gasteiger partial charge in [0, 0.05) is 11.3 Å². The van der Waals surface area contributed by atoms with Gasteiger partial charge in [0.2, 0.25) is 0 Å². The highest BCUT2D eigenvalue weighted by Gasteiger charge is 2.09. The molecule has 0 fully saturated rings. The van der Waals surface area contributed by atoms with E-state index < -0.39 is 0 Å². The highest BCUT2D eigenvalue weighted by atomic mass is 16.1. The Bertz CT molecular complexity index is 917. The number of benzene rings is 2. The van der Waals surface area contributed by atoms with Crippen molar-refractivity contribution in [1.29, 1.82) is 0 Å². The SMILES string of the molecule is CCc1cccc(C)c1Nc1ccc(NC(=O)c2ccccc2C)cn1. The van der Waals surface area contributed by atoms with Crippen molar-refractivity contribution in [3.8, 4) is 0 Å². The zero-order valence-electron chi connectivity index (χ0n) is 15.3. The second-order valence-corrected chi connectivity index (χ2v) is 6.29. The summed E-state index contributed by atoms with van der Waals surface area (Å²) < 4.78 is 0. The predicted octanol–water partition coefficient (Wildman–Crippen LogP) is 5.26. The Morgan fingerprint density at radius 2 is 1.73 bits per heavy atom. The highest BCUT2D eigenvalue weighted by Crippen LogP contribution is 2.25. The Hall–Kier alpha value is -3.14. The molecule has 0 atom stereocenters. The Kier molecular flexibility index (Phi) is 5.32. The average Bonchev–Trinajstić information content (AvgIpc) is 2.65. The van der Waals surface area contributed by atoms with Crippen molar-refractivity contribution in [2.45, 2.75) is 27.2 Å². The van der Waals surface area contributed by atoms with Crippen LogP contribution in [0.1, 0.15) is 34.0 Å². The van der Waals surface area contributed by atoms with E-state index in [4.69, 9.17) is 0 Å². The van der Waals surface area contributed by atoms with Crippen LogP contribution in [0, 0.1) is 13.8 Å². The van der Waals surface area contributed by atoms with Crippen molar-refractivity contribution in [3.05, 3.63) is 83.0 Å². The molecule has 0 saturated heterocycles. The number of pyridine rings is 1. The van der Waals surface area contributed by atoms with E-state index in [0.29, 0.717) is 11.3 Å². The van der Waals surface area contributed by atoms with Crippen molar-refractivity contribution in [2.24, 2.45) is 0 Å². The van der Waals surface area contributed by atoms with E-state index >= 15 is 0 Å². The quantitative estimate of drug-likeness (QED) is 0.663. The van der Waals surface area contributed by atoms with Crippen LogP contribution < -0.4 is 10.6 Å². The number of anilines is 3. The minimum absolute atomic E-state index is 0.127. The minimum atomic E-state index is -0.127. The van der Waals surface area contributed by atoms with E-state index in [1.807, 2.05) is 43.3 Å². The van der Waals surface area contributed by atoms with Gasteiger partial charge in [-0.05, 0) is 55.2 Å². The topological polar surface area (TPSA) is 54.0 Å². The number of para-hydroxylation sites is 1. The van der Waals surface area contributed by atoms with Crippen LogP contribution >= 0.6 is 0 Å². The number of nitrogens with one attached hydrogen (secondary N) is 2. The summed E-state index contributed by atoms with van der Waals surface area (Å²) in [6.45, 7) is 6.14. The second kappa shape index (κ2) is 7.83. The number of carbonyl (C=O) groups is 1. The maximum Gasteiger partial charge on any atom is 0.255 e. The van der Waals surface area contributed by atoms with Gasteiger partial charge in [0.1, 0.15) is 5.82 Å². The van der Waals surface area contributed by atoms with E-state index in [9.17, 15) is 4.79 Å². The Labute approximate surface area is 154 Å². The smallest absolute Gasteiger partial charge is 0.255 e. The molecule has 0 radical (unpaired) electrons. The molecule has 0 spiro atoms. The van der Waals surface area contributed by atoms with Gasteiger partial charge in [0.15, 0.2) is 0 Å². The monoisotopic (exact) mass is 345 g/mol. The van der Waals surface area contributed by atoms with Crippen molar-refractivity contribution >= 4 is 23.1 Å². The van der Waals surface area contributed by atoms with Gasteiger partial charge in [-0.2, -0.15) is 0 Å². The molecule has 0 saturated carbocycles. The lowest BCUT2D eigenvalue weighted by atomic mass is 10.1. The van der Waals surface area contributed by atoms with Crippen LogP contribution in [0.15, 0.2) is 60.8 Å². The molecule has 2 aromatic carbocycles. The van der Waals surface area contributed by atoms with Gasteiger partial charge in [0.05, 0.1) is 11.9 Å². The number of aryl methyl sites for hydroxylation is 3. The third-order valence-electron chi connectivity index (χ3n) is 4.40. The van der Waals surface area contributed by atoms with Crippen LogP contribution in [-0.4, -0.2) is 10.9 Å². The van der Waals surface area contributed by atoms with Crippen molar-refractivity contribution in [2.75, 3.05) is 10.6 Å². The van der Waals surface area contributed by atoms with Crippen LogP contribution in [0.4, 0.5) is 17.2 Å². The second-order valence-electron chi connectivity index (χ2n) is 6.29. The molecule has 26 heavy (non-hydrogen) atoms. The molecule has 3 aromatic rings. The third kappa shape index (κ3) is 3.91. The fourth-order valence-corrected chi connectivity index (χ4v) is 2.90. The van der Waals surface area contributed by atoms with Crippen molar-refractivity contribution in [1.82, 2.24) is 4.98 Å². The molecule has 2 N–H and O–H groups in total. The standard InChI is InChI=1S/C22H23N3O/c1-4-17-10-7-9-16(3)21(17)25-20-13-12-18(14-23-20)24-22(26)19-11-6-5-8-15(19)2/h5-14H,4H2,1-3H3,(H,23,25)(H,24,26). The van der Waals surface area contributed by atoms with Gasteiger partial charge in [-0.1, -0.05) is 43.3 Å². The summed E-state index contributed by atoms with van der Waals surface area (Å²) in [5, 5.41) is 6.28. The predicted molar refractivity (Wildman–Crippen MR) is 107 cm³/mol. The molecule has 1 amide bonds. The molecule has 1 heterocycles. The van der Waals surface area contributed by atoms with Gasteiger partial charge in [0.25, 0.3) is 5.91 Å². The lowest BCUT2D eigenvalue weighted by Crippen LogP contribution is -2.13. The number of hydrogen-bond acceptors (Lipinski definition) is 3. The maximum atomic E-state index is 12.4. The molecule has 0 unspecified atom stereocenters. The lowest BCUT2D eigenvalue weighted by Gasteiger charge is -2.14. The molecule has 0 aliphatic rings. The normalized spacial score (nSPS) is 10.4. The molecule has 4 heteroatoms. The van der Waals surface area contributed by atoms with Crippen LogP contribution in [-0.2, 0) is 6.42 Å². The summed E-state index contributed by atoms with van der Waals surface area (Å²) in [6.07, 6.45) is 2.62. The first kappa shape index (κ1) is 17.7. The summed E-state index contributed by atoms with van der Waals surface area (Å²) in [5.74, 6) is 0.626. The van der Waals surface area contributed by atoms with Gasteiger partial charge in [-0.15, -0.1) is 0 Å². The number of carbonyl (C=O) groups excluding carboxylic acids is 1. The van der Waals surface area contributed by atoms with Gasteiger partial charge >= 0.3 is 0 Å². The van der Waals surface area contributed by atoms with Crippen LogP contribution in [0.5, 0.6) is 0 Å². The number of aromatic nitrogens is 1. The molecular formula is C22H23N3O. The molecule has 0 aliphatic heterocycles. The number of amides is 1. The zero-order chi connectivity index (χ0) is 18.5. The highest BCUT2D eigenvalue weighted by molar-refractivity contribution is 6.05. The molecular weight excluding hydrogens is 322 g/mol. The average molecular weight is 345 g/mol. The van der Waals surface area contributed by atoms with Crippen LogP contribution in [0.25, 0.3) is 0 Å². The number of hydrogen-bond donors (Lipinski definition) is 2. The summed E-state index contributed by atoms with van der Waals surface area (Å²) in [4.78, 5) is 16.8. The first-order valence-corrected chi connectivity index (χ1v) is 8.77.